The van der Waals surface area contributed by atoms with Gasteiger partial charge in [0.25, 0.3) is 10.0 Å². The number of rotatable bonds is 5. The maximum absolute atomic E-state index is 12.0. The molecule has 106 valence electrons. The second kappa shape index (κ2) is 5.46. The molecule has 2 rings (SSSR count). The lowest BCUT2D eigenvalue weighted by Gasteiger charge is -2.07. The van der Waals surface area contributed by atoms with Crippen molar-refractivity contribution in [2.75, 3.05) is 4.72 Å². The van der Waals surface area contributed by atoms with Crippen LogP contribution >= 0.6 is 0 Å². The van der Waals surface area contributed by atoms with Crippen LogP contribution in [0.15, 0.2) is 46.0 Å². The second-order valence-electron chi connectivity index (χ2n) is 4.53. The summed E-state index contributed by atoms with van der Waals surface area (Å²) in [5.41, 5.74) is 0.486. The van der Waals surface area contributed by atoms with Gasteiger partial charge in [-0.1, -0.05) is 31.1 Å². The van der Waals surface area contributed by atoms with E-state index in [4.69, 9.17) is 0 Å². The molecule has 0 fully saturated rings. The zero-order valence-electron chi connectivity index (χ0n) is 11.0. The Balaban J connectivity index is 2.23. The number of sulfonamides is 1. The van der Waals surface area contributed by atoms with E-state index in [2.05, 4.69) is 14.4 Å². The molecule has 1 aromatic carbocycles. The van der Waals surface area contributed by atoms with Crippen molar-refractivity contribution in [2.24, 2.45) is 5.92 Å². The van der Waals surface area contributed by atoms with Gasteiger partial charge in [-0.15, -0.1) is 0 Å². The van der Waals surface area contributed by atoms with Crippen molar-refractivity contribution >= 4 is 21.6 Å². The van der Waals surface area contributed by atoms with Gasteiger partial charge in [-0.25, -0.2) is 8.42 Å². The Morgan fingerprint density at radius 2 is 1.85 bits per heavy atom. The van der Waals surface area contributed by atoms with Crippen LogP contribution in [0.4, 0.5) is 5.82 Å². The zero-order chi connectivity index (χ0) is 14.8. The Bertz CT molecular complexity index is 688. The third-order valence-corrected chi connectivity index (χ3v) is 4.02. The second-order valence-corrected chi connectivity index (χ2v) is 6.22. The first-order valence-corrected chi connectivity index (χ1v) is 7.46. The minimum Gasteiger partial charge on any atom is -0.363 e. The molecular weight excluding hydrogens is 280 g/mol. The van der Waals surface area contributed by atoms with Crippen molar-refractivity contribution < 1.29 is 17.7 Å². The van der Waals surface area contributed by atoms with Gasteiger partial charge >= 0.3 is 0 Å². The predicted molar refractivity (Wildman–Crippen MR) is 72.9 cm³/mol. The van der Waals surface area contributed by atoms with Crippen LogP contribution in [0.5, 0.6) is 0 Å². The fourth-order valence-electron chi connectivity index (χ4n) is 1.59. The summed E-state index contributed by atoms with van der Waals surface area (Å²) in [4.78, 5) is 11.8. The van der Waals surface area contributed by atoms with E-state index in [1.165, 1.54) is 36.6 Å². The number of Topliss-reactive ketones (excluding diaryl/α,β-unsaturated/α-hetero) is 1. The number of hydrogen-bond donors (Lipinski definition) is 1. The maximum atomic E-state index is 12.0. The summed E-state index contributed by atoms with van der Waals surface area (Å²) in [6, 6.07) is 7.17. The molecule has 2 aromatic rings. The lowest BCUT2D eigenvalue weighted by Crippen LogP contribution is -2.14. The molecule has 0 atom stereocenters. The molecule has 1 heterocycles. The first kappa shape index (κ1) is 14.3. The first-order chi connectivity index (χ1) is 9.40. The summed E-state index contributed by atoms with van der Waals surface area (Å²) in [5.74, 6) is -0.0588. The summed E-state index contributed by atoms with van der Waals surface area (Å²) in [7, 11) is -3.73. The lowest BCUT2D eigenvalue weighted by atomic mass is 10.0. The van der Waals surface area contributed by atoms with Gasteiger partial charge in [0.1, 0.15) is 6.26 Å². The van der Waals surface area contributed by atoms with Gasteiger partial charge in [0.15, 0.2) is 11.6 Å². The number of anilines is 1. The SMILES string of the molecule is CC(C)C(=O)c1ccc(S(=O)(=O)Nc2ccon2)cc1. The van der Waals surface area contributed by atoms with Crippen LogP contribution in [-0.4, -0.2) is 19.4 Å². The van der Waals surface area contributed by atoms with Gasteiger partial charge in [0.2, 0.25) is 0 Å². The molecule has 0 spiro atoms. The van der Waals surface area contributed by atoms with Crippen LogP contribution in [-0.2, 0) is 10.0 Å². The fourth-order valence-corrected chi connectivity index (χ4v) is 2.59. The number of nitrogens with zero attached hydrogens (tertiary/aromatic N) is 1. The Kier molecular flexibility index (Phi) is 3.89. The van der Waals surface area contributed by atoms with Crippen molar-refractivity contribution in [3.05, 3.63) is 42.2 Å². The third kappa shape index (κ3) is 3.05. The van der Waals surface area contributed by atoms with E-state index < -0.39 is 10.0 Å². The van der Waals surface area contributed by atoms with Crippen LogP contribution in [0.25, 0.3) is 0 Å². The van der Waals surface area contributed by atoms with Gasteiger partial charge in [-0.2, -0.15) is 0 Å². The average Bonchev–Trinajstić information content (AvgIpc) is 2.90. The summed E-state index contributed by atoms with van der Waals surface area (Å²) >= 11 is 0. The summed E-state index contributed by atoms with van der Waals surface area (Å²) in [6.45, 7) is 3.58. The van der Waals surface area contributed by atoms with Gasteiger partial charge in [-0.05, 0) is 12.1 Å². The van der Waals surface area contributed by atoms with Crippen molar-refractivity contribution in [3.63, 3.8) is 0 Å². The summed E-state index contributed by atoms with van der Waals surface area (Å²) < 4.78 is 30.9. The van der Waals surface area contributed by atoms with E-state index in [0.717, 1.165) is 0 Å². The van der Waals surface area contributed by atoms with E-state index in [0.29, 0.717) is 5.56 Å². The largest absolute Gasteiger partial charge is 0.363 e. The van der Waals surface area contributed by atoms with Gasteiger partial charge in [0.05, 0.1) is 4.90 Å². The topological polar surface area (TPSA) is 89.3 Å². The highest BCUT2D eigenvalue weighted by Crippen LogP contribution is 2.16. The normalized spacial score (nSPS) is 11.6. The molecule has 0 bridgehead atoms. The molecule has 0 aliphatic rings. The van der Waals surface area contributed by atoms with Crippen molar-refractivity contribution in [3.8, 4) is 0 Å². The van der Waals surface area contributed by atoms with E-state index in [9.17, 15) is 13.2 Å². The minimum absolute atomic E-state index is 0.0293. The standard InChI is InChI=1S/C13H14N2O4S/c1-9(2)13(16)10-3-5-11(6-4-10)20(17,18)15-12-7-8-19-14-12/h3-9H,1-2H3,(H,14,15). The smallest absolute Gasteiger partial charge is 0.263 e. The number of benzene rings is 1. The monoisotopic (exact) mass is 294 g/mol. The van der Waals surface area contributed by atoms with Crippen LogP contribution in [0.3, 0.4) is 0 Å². The van der Waals surface area contributed by atoms with Gasteiger partial charge in [0, 0.05) is 17.5 Å². The molecule has 1 N–H and O–H groups in total. The number of carbonyl (C=O) groups excluding carboxylic acids is 1. The number of nitrogens with one attached hydrogen (secondary N) is 1. The highest BCUT2D eigenvalue weighted by atomic mass is 32.2. The van der Waals surface area contributed by atoms with Crippen LogP contribution in [0.1, 0.15) is 24.2 Å². The molecule has 0 saturated carbocycles. The van der Waals surface area contributed by atoms with E-state index in [1.54, 1.807) is 13.8 Å². The lowest BCUT2D eigenvalue weighted by molar-refractivity contribution is 0.0939. The van der Waals surface area contributed by atoms with Crippen molar-refractivity contribution in [2.45, 2.75) is 18.7 Å². The molecule has 0 aliphatic carbocycles. The molecule has 0 amide bonds. The molecule has 0 aliphatic heterocycles. The molecule has 1 aromatic heterocycles. The van der Waals surface area contributed by atoms with E-state index in [-0.39, 0.29) is 22.4 Å². The Morgan fingerprint density at radius 1 is 1.20 bits per heavy atom. The van der Waals surface area contributed by atoms with Gasteiger partial charge in [-0.3, -0.25) is 9.52 Å². The average molecular weight is 294 g/mol. The first-order valence-electron chi connectivity index (χ1n) is 5.97. The Hall–Kier alpha value is -2.15. The highest BCUT2D eigenvalue weighted by Gasteiger charge is 2.17. The molecule has 7 heteroatoms. The molecule has 20 heavy (non-hydrogen) atoms. The molecular formula is C13H14N2O4S. The quantitative estimate of drug-likeness (QED) is 0.855. The number of hydrogen-bond acceptors (Lipinski definition) is 5. The minimum atomic E-state index is -3.73. The Labute approximate surface area is 116 Å². The van der Waals surface area contributed by atoms with Crippen molar-refractivity contribution in [1.29, 1.82) is 0 Å². The maximum Gasteiger partial charge on any atom is 0.263 e. The zero-order valence-corrected chi connectivity index (χ0v) is 11.8. The van der Waals surface area contributed by atoms with Crippen LogP contribution < -0.4 is 4.72 Å². The summed E-state index contributed by atoms with van der Waals surface area (Å²) in [6.07, 6.45) is 1.27. The van der Waals surface area contributed by atoms with Gasteiger partial charge < -0.3 is 4.52 Å². The molecule has 0 unspecified atom stereocenters. The van der Waals surface area contributed by atoms with Crippen LogP contribution in [0, 0.1) is 5.92 Å². The number of ketones is 1. The molecule has 0 radical (unpaired) electrons. The molecule has 6 nitrogen and oxygen atoms in total. The Morgan fingerprint density at radius 3 is 2.35 bits per heavy atom. The van der Waals surface area contributed by atoms with E-state index in [1.807, 2.05) is 0 Å². The third-order valence-electron chi connectivity index (χ3n) is 2.65. The predicted octanol–water partition coefficient (Wildman–Crippen LogP) is 2.31. The number of aromatic nitrogens is 1. The van der Waals surface area contributed by atoms with Crippen molar-refractivity contribution in [1.82, 2.24) is 5.16 Å². The number of carbonyl (C=O) groups is 1. The highest BCUT2D eigenvalue weighted by molar-refractivity contribution is 7.92. The molecule has 0 saturated heterocycles. The van der Waals surface area contributed by atoms with E-state index >= 15 is 0 Å². The fraction of sp³-hybridized carbons (Fsp3) is 0.231. The summed E-state index contributed by atoms with van der Waals surface area (Å²) in [5, 5.41) is 3.48. The van der Waals surface area contributed by atoms with Crippen LogP contribution in [0.2, 0.25) is 0 Å².